The van der Waals surface area contributed by atoms with Crippen LogP contribution in [0.25, 0.3) is 0 Å². The number of nitro groups is 1. The van der Waals surface area contributed by atoms with Gasteiger partial charge in [0.05, 0.1) is 9.82 Å². The van der Waals surface area contributed by atoms with Crippen LogP contribution in [0.5, 0.6) is 0 Å². The molecule has 1 heterocycles. The van der Waals surface area contributed by atoms with E-state index in [-0.39, 0.29) is 21.3 Å². The number of nitrogens with zero attached hydrogens (tertiary/aromatic N) is 2. The van der Waals surface area contributed by atoms with Gasteiger partial charge in [-0.2, -0.15) is 0 Å². The van der Waals surface area contributed by atoms with Crippen molar-refractivity contribution < 1.29 is 21.8 Å². The van der Waals surface area contributed by atoms with Gasteiger partial charge in [0.2, 0.25) is 10.0 Å². The van der Waals surface area contributed by atoms with Gasteiger partial charge in [0, 0.05) is 37.6 Å². The van der Waals surface area contributed by atoms with E-state index in [4.69, 9.17) is 0 Å². The number of rotatable bonds is 7. The molecule has 1 aromatic heterocycles. The highest BCUT2D eigenvalue weighted by molar-refractivity contribution is 7.91. The third-order valence-corrected chi connectivity index (χ3v) is 7.95. The second kappa shape index (κ2) is 7.17. The smallest absolute Gasteiger partial charge is 0.258 e. The first-order valence-corrected chi connectivity index (χ1v) is 10.5. The van der Waals surface area contributed by atoms with Crippen LogP contribution in [0.2, 0.25) is 0 Å². The molecule has 2 rings (SSSR count). The topological polar surface area (TPSA) is 127 Å². The molecule has 0 aliphatic carbocycles. The predicted octanol–water partition coefficient (Wildman–Crippen LogP) is 1.39. The van der Waals surface area contributed by atoms with Crippen molar-refractivity contribution in [2.24, 2.45) is 0 Å². The van der Waals surface area contributed by atoms with E-state index in [9.17, 15) is 26.9 Å². The molecule has 1 N–H and O–H groups in total. The minimum atomic E-state index is -3.87. The first kappa shape index (κ1) is 19.5. The summed E-state index contributed by atoms with van der Waals surface area (Å²) in [7, 11) is -4.62. The lowest BCUT2D eigenvalue weighted by Crippen LogP contribution is -2.22. The van der Waals surface area contributed by atoms with Crippen LogP contribution >= 0.6 is 11.3 Å². The lowest BCUT2D eigenvalue weighted by atomic mass is 10.3. The maximum atomic E-state index is 12.2. The Morgan fingerprint density at radius 1 is 1.08 bits per heavy atom. The van der Waals surface area contributed by atoms with Crippen LogP contribution in [0.15, 0.2) is 45.5 Å². The van der Waals surface area contributed by atoms with Crippen molar-refractivity contribution in [2.75, 3.05) is 14.1 Å². The fourth-order valence-corrected chi connectivity index (χ4v) is 5.33. The summed E-state index contributed by atoms with van der Waals surface area (Å²) in [5.41, 5.74) is -0.212. The fourth-order valence-electron chi connectivity index (χ4n) is 1.77. The first-order valence-electron chi connectivity index (χ1n) is 6.79. The van der Waals surface area contributed by atoms with Gasteiger partial charge in [0.25, 0.3) is 15.7 Å². The summed E-state index contributed by atoms with van der Waals surface area (Å²) in [6.07, 6.45) is 0. The molecule has 0 bridgehead atoms. The Morgan fingerprint density at radius 3 is 2.20 bits per heavy atom. The van der Waals surface area contributed by atoms with Crippen molar-refractivity contribution in [3.63, 3.8) is 0 Å². The van der Waals surface area contributed by atoms with Gasteiger partial charge < -0.3 is 0 Å². The molecule has 0 atom stereocenters. The lowest BCUT2D eigenvalue weighted by molar-refractivity contribution is -0.384. The van der Waals surface area contributed by atoms with Crippen LogP contribution in [0.1, 0.15) is 4.88 Å². The highest BCUT2D eigenvalue weighted by atomic mass is 32.2. The highest BCUT2D eigenvalue weighted by Gasteiger charge is 2.21. The molecule has 0 radical (unpaired) electrons. The maximum absolute atomic E-state index is 12.2. The number of nitrogens with one attached hydrogen (secondary N) is 1. The van der Waals surface area contributed by atoms with E-state index >= 15 is 0 Å². The number of sulfonamides is 2. The van der Waals surface area contributed by atoms with Gasteiger partial charge in [-0.15, -0.1) is 11.3 Å². The van der Waals surface area contributed by atoms with Gasteiger partial charge >= 0.3 is 0 Å². The van der Waals surface area contributed by atoms with Crippen molar-refractivity contribution in [1.29, 1.82) is 0 Å². The van der Waals surface area contributed by atoms with Crippen molar-refractivity contribution in [3.05, 3.63) is 51.4 Å². The molecular formula is C13H15N3O6S3. The molecule has 136 valence electrons. The Labute approximate surface area is 149 Å². The molecule has 25 heavy (non-hydrogen) atoms. The van der Waals surface area contributed by atoms with Crippen LogP contribution in [-0.4, -0.2) is 40.2 Å². The van der Waals surface area contributed by atoms with E-state index in [0.717, 1.165) is 39.9 Å². The third-order valence-electron chi connectivity index (χ3n) is 3.17. The van der Waals surface area contributed by atoms with E-state index in [0.29, 0.717) is 4.88 Å². The van der Waals surface area contributed by atoms with E-state index in [1.54, 1.807) is 0 Å². The Balaban J connectivity index is 2.13. The quantitative estimate of drug-likeness (QED) is 0.548. The fraction of sp³-hybridized carbons (Fsp3) is 0.231. The molecule has 2 aromatic rings. The van der Waals surface area contributed by atoms with Crippen LogP contribution in [-0.2, 0) is 26.6 Å². The molecular weight excluding hydrogens is 390 g/mol. The van der Waals surface area contributed by atoms with Gasteiger partial charge in [-0.05, 0) is 24.3 Å². The lowest BCUT2D eigenvalue weighted by Gasteiger charge is -2.08. The van der Waals surface area contributed by atoms with Crippen molar-refractivity contribution in [2.45, 2.75) is 15.6 Å². The normalized spacial score (nSPS) is 12.4. The largest absolute Gasteiger partial charge is 0.269 e. The molecule has 0 aliphatic rings. The number of non-ortho nitro benzene ring substituents is 1. The summed E-state index contributed by atoms with van der Waals surface area (Å²) in [6.45, 7) is -0.0903. The minimum absolute atomic E-state index is 0.0903. The summed E-state index contributed by atoms with van der Waals surface area (Å²) < 4.78 is 51.9. The van der Waals surface area contributed by atoms with Gasteiger partial charge in [0.15, 0.2) is 0 Å². The van der Waals surface area contributed by atoms with E-state index < -0.39 is 25.0 Å². The summed E-state index contributed by atoms with van der Waals surface area (Å²) in [5.74, 6) is 0. The molecule has 0 spiro atoms. The zero-order valence-corrected chi connectivity index (χ0v) is 15.7. The standard InChI is InChI=1S/C13H15N3O6S3/c1-15(2)25(21,22)13-8-5-11(23-13)9-14-24(19,20)12-6-3-10(4-7-12)16(17)18/h3-8,14H,9H2,1-2H3. The number of hydrogen-bond acceptors (Lipinski definition) is 7. The molecule has 0 amide bonds. The number of nitro benzene ring substituents is 1. The van der Waals surface area contributed by atoms with E-state index in [1.807, 2.05) is 0 Å². The Kier molecular flexibility index (Phi) is 5.58. The molecule has 9 nitrogen and oxygen atoms in total. The molecule has 1 aromatic carbocycles. The number of thiophene rings is 1. The van der Waals surface area contributed by atoms with Crippen LogP contribution in [0.4, 0.5) is 5.69 Å². The van der Waals surface area contributed by atoms with Crippen LogP contribution < -0.4 is 4.72 Å². The second-order valence-electron chi connectivity index (χ2n) is 5.08. The predicted molar refractivity (Wildman–Crippen MR) is 92.3 cm³/mol. The number of benzene rings is 1. The SMILES string of the molecule is CN(C)S(=O)(=O)c1ccc(CNS(=O)(=O)c2ccc([N+](=O)[O-])cc2)s1. The molecule has 0 unspecified atom stereocenters. The van der Waals surface area contributed by atoms with Crippen molar-refractivity contribution >= 4 is 37.1 Å². The molecule has 0 aliphatic heterocycles. The van der Waals surface area contributed by atoms with Gasteiger partial charge in [-0.1, -0.05) is 0 Å². The zero-order valence-electron chi connectivity index (χ0n) is 13.2. The number of hydrogen-bond donors (Lipinski definition) is 1. The summed E-state index contributed by atoms with van der Waals surface area (Å²) in [5, 5.41) is 10.6. The Morgan fingerprint density at radius 2 is 1.68 bits per heavy atom. The molecule has 0 saturated heterocycles. The highest BCUT2D eigenvalue weighted by Crippen LogP contribution is 2.24. The average molecular weight is 405 g/mol. The third kappa shape index (κ3) is 4.41. The van der Waals surface area contributed by atoms with Crippen molar-refractivity contribution in [1.82, 2.24) is 9.03 Å². The summed E-state index contributed by atoms with van der Waals surface area (Å²) in [6, 6.07) is 7.41. The average Bonchev–Trinajstić information content (AvgIpc) is 3.03. The Hall–Kier alpha value is -1.86. The van der Waals surface area contributed by atoms with Crippen LogP contribution in [0.3, 0.4) is 0 Å². The first-order chi connectivity index (χ1) is 11.5. The zero-order chi connectivity index (χ0) is 18.8. The van der Waals surface area contributed by atoms with Crippen LogP contribution in [0, 0.1) is 10.1 Å². The van der Waals surface area contributed by atoms with Gasteiger partial charge in [-0.3, -0.25) is 10.1 Å². The molecule has 0 saturated carbocycles. The maximum Gasteiger partial charge on any atom is 0.269 e. The van der Waals surface area contributed by atoms with Gasteiger partial charge in [0.1, 0.15) is 4.21 Å². The molecule has 12 heteroatoms. The minimum Gasteiger partial charge on any atom is -0.258 e. The van der Waals surface area contributed by atoms with E-state index in [1.165, 1.54) is 26.2 Å². The van der Waals surface area contributed by atoms with Crippen molar-refractivity contribution in [3.8, 4) is 0 Å². The van der Waals surface area contributed by atoms with Gasteiger partial charge in [-0.25, -0.2) is 25.9 Å². The Bertz CT molecular complexity index is 978. The van der Waals surface area contributed by atoms with E-state index in [2.05, 4.69) is 4.72 Å². The summed E-state index contributed by atoms with van der Waals surface area (Å²) >= 11 is 0.965. The second-order valence-corrected chi connectivity index (χ2v) is 10.4. The monoisotopic (exact) mass is 405 g/mol. The summed E-state index contributed by atoms with van der Waals surface area (Å²) in [4.78, 5) is 10.4. The molecule has 0 fully saturated rings.